The monoisotopic (exact) mass is 493 g/mol. The van der Waals surface area contributed by atoms with Gasteiger partial charge < -0.3 is 9.84 Å². The van der Waals surface area contributed by atoms with E-state index in [1.54, 1.807) is 18.3 Å². The summed E-state index contributed by atoms with van der Waals surface area (Å²) in [5.74, 6) is -0.283. The lowest BCUT2D eigenvalue weighted by atomic mass is 10.2. The standard InChI is InChI=1S/C23H35N3O5SSi/c1-18-5-9-21(10-6-18)32(29,30)26(15-22(27)19-7-8-19)16-23(28)20-13-24-25(14-20)17-31-11-12-33(2,3)4/h5-6,9-10,13-14,19,22,27H,7-8,11-12,15-17H2,1-4H3. The van der Waals surface area contributed by atoms with E-state index in [2.05, 4.69) is 24.7 Å². The Kier molecular flexibility index (Phi) is 8.28. The molecule has 0 bridgehead atoms. The zero-order valence-electron chi connectivity index (χ0n) is 19.9. The molecular formula is C23H35N3O5SSi. The number of aliphatic hydroxyl groups excluding tert-OH is 1. The fourth-order valence-electron chi connectivity index (χ4n) is 3.31. The molecule has 0 saturated heterocycles. The Morgan fingerprint density at radius 3 is 2.55 bits per heavy atom. The summed E-state index contributed by atoms with van der Waals surface area (Å²) < 4.78 is 34.8. The number of hydrogen-bond donors (Lipinski definition) is 1. The zero-order chi connectivity index (χ0) is 24.2. The summed E-state index contributed by atoms with van der Waals surface area (Å²) in [7, 11) is -5.13. The molecule has 8 nitrogen and oxygen atoms in total. The zero-order valence-corrected chi connectivity index (χ0v) is 21.7. The lowest BCUT2D eigenvalue weighted by Crippen LogP contribution is -2.41. The molecule has 3 rings (SSSR count). The smallest absolute Gasteiger partial charge is 0.243 e. The molecule has 1 atom stereocenters. The summed E-state index contributed by atoms with van der Waals surface area (Å²) in [6, 6.07) is 7.53. The third-order valence-electron chi connectivity index (χ3n) is 5.71. The van der Waals surface area contributed by atoms with Crippen LogP contribution in [-0.2, 0) is 21.5 Å². The third-order valence-corrected chi connectivity index (χ3v) is 9.24. The van der Waals surface area contributed by atoms with Gasteiger partial charge in [-0.15, -0.1) is 0 Å². The lowest BCUT2D eigenvalue weighted by molar-refractivity contribution is 0.0784. The van der Waals surface area contributed by atoms with Gasteiger partial charge in [-0.3, -0.25) is 4.79 Å². The highest BCUT2D eigenvalue weighted by Crippen LogP contribution is 2.33. The molecule has 2 aromatic rings. The van der Waals surface area contributed by atoms with Gasteiger partial charge in [-0.1, -0.05) is 37.3 Å². The minimum atomic E-state index is -3.94. The lowest BCUT2D eigenvalue weighted by Gasteiger charge is -2.24. The maximum absolute atomic E-state index is 13.3. The Bertz CT molecular complexity index is 1040. The molecule has 1 N–H and O–H groups in total. The Labute approximate surface area is 197 Å². The van der Waals surface area contributed by atoms with Crippen molar-refractivity contribution in [3.05, 3.63) is 47.8 Å². The molecule has 1 saturated carbocycles. The maximum atomic E-state index is 13.3. The number of Topliss-reactive ketones (excluding diaryl/α,β-unsaturated/α-hetero) is 1. The predicted octanol–water partition coefficient (Wildman–Crippen LogP) is 3.15. The van der Waals surface area contributed by atoms with Crippen LogP contribution in [0.2, 0.25) is 25.7 Å². The molecule has 1 fully saturated rings. The summed E-state index contributed by atoms with van der Waals surface area (Å²) in [4.78, 5) is 13.1. The SMILES string of the molecule is Cc1ccc(S(=O)(=O)N(CC(=O)c2cnn(COCC[Si](C)(C)C)c2)CC(O)C2CC2)cc1. The van der Waals surface area contributed by atoms with Crippen molar-refractivity contribution in [2.75, 3.05) is 19.7 Å². The van der Waals surface area contributed by atoms with Gasteiger partial charge in [0.25, 0.3) is 0 Å². The van der Waals surface area contributed by atoms with Crippen LogP contribution in [0, 0.1) is 12.8 Å². The number of carbonyl (C=O) groups excluding carboxylic acids is 1. The number of ketones is 1. The molecule has 0 spiro atoms. The van der Waals surface area contributed by atoms with Crippen LogP contribution in [0.3, 0.4) is 0 Å². The van der Waals surface area contributed by atoms with E-state index in [-0.39, 0.29) is 36.4 Å². The molecule has 1 aromatic heterocycles. The van der Waals surface area contributed by atoms with E-state index < -0.39 is 24.2 Å². The van der Waals surface area contributed by atoms with Crippen LogP contribution in [0.5, 0.6) is 0 Å². The molecule has 1 unspecified atom stereocenters. The number of aliphatic hydroxyl groups is 1. The Hall–Kier alpha value is -1.85. The summed E-state index contributed by atoms with van der Waals surface area (Å²) >= 11 is 0. The highest BCUT2D eigenvalue weighted by Gasteiger charge is 2.35. The summed E-state index contributed by atoms with van der Waals surface area (Å²) in [5.41, 5.74) is 1.25. The first-order valence-electron chi connectivity index (χ1n) is 11.3. The fraction of sp³-hybridized carbons (Fsp3) is 0.565. The molecule has 182 valence electrons. The van der Waals surface area contributed by atoms with E-state index in [4.69, 9.17) is 4.74 Å². The maximum Gasteiger partial charge on any atom is 0.243 e. The van der Waals surface area contributed by atoms with Gasteiger partial charge in [0.2, 0.25) is 10.0 Å². The second kappa shape index (κ2) is 10.6. The number of sulfonamides is 1. The van der Waals surface area contributed by atoms with E-state index in [0.717, 1.165) is 28.8 Å². The summed E-state index contributed by atoms with van der Waals surface area (Å²) in [6.07, 6.45) is 3.96. The van der Waals surface area contributed by atoms with Crippen molar-refractivity contribution >= 4 is 23.9 Å². The molecule has 0 amide bonds. The molecule has 0 radical (unpaired) electrons. The number of nitrogens with zero attached hydrogens (tertiary/aromatic N) is 3. The number of hydrogen-bond acceptors (Lipinski definition) is 6. The van der Waals surface area contributed by atoms with E-state index in [9.17, 15) is 18.3 Å². The number of aromatic nitrogens is 2. The van der Waals surface area contributed by atoms with E-state index in [1.807, 2.05) is 6.92 Å². The van der Waals surface area contributed by atoms with Gasteiger partial charge >= 0.3 is 0 Å². The van der Waals surface area contributed by atoms with Gasteiger partial charge in [-0.25, -0.2) is 13.1 Å². The average molecular weight is 494 g/mol. The van der Waals surface area contributed by atoms with Gasteiger partial charge in [-0.05, 0) is 43.9 Å². The predicted molar refractivity (Wildman–Crippen MR) is 129 cm³/mol. The third kappa shape index (κ3) is 7.58. The quantitative estimate of drug-likeness (QED) is 0.261. The molecular weight excluding hydrogens is 458 g/mol. The molecule has 1 heterocycles. The van der Waals surface area contributed by atoms with Gasteiger partial charge in [0.15, 0.2) is 5.78 Å². The minimum absolute atomic E-state index is 0.0897. The van der Waals surface area contributed by atoms with Gasteiger partial charge in [0, 0.05) is 27.4 Å². The normalized spacial score (nSPS) is 15.7. The Balaban J connectivity index is 1.68. The van der Waals surface area contributed by atoms with Crippen LogP contribution in [0.4, 0.5) is 0 Å². The van der Waals surface area contributed by atoms with Crippen LogP contribution >= 0.6 is 0 Å². The first-order chi connectivity index (χ1) is 15.5. The van der Waals surface area contributed by atoms with Crippen molar-refractivity contribution in [1.29, 1.82) is 0 Å². The van der Waals surface area contributed by atoms with Gasteiger partial charge in [-0.2, -0.15) is 9.40 Å². The van der Waals surface area contributed by atoms with E-state index in [1.165, 1.54) is 23.0 Å². The number of carbonyl (C=O) groups is 1. The number of benzene rings is 1. The highest BCUT2D eigenvalue weighted by molar-refractivity contribution is 7.89. The van der Waals surface area contributed by atoms with Crippen molar-refractivity contribution < 1.29 is 23.1 Å². The largest absolute Gasteiger partial charge is 0.391 e. The van der Waals surface area contributed by atoms with Crippen LogP contribution in [0.1, 0.15) is 28.8 Å². The van der Waals surface area contributed by atoms with Crippen molar-refractivity contribution in [1.82, 2.24) is 14.1 Å². The summed E-state index contributed by atoms with van der Waals surface area (Å²) in [5, 5.41) is 14.6. The molecule has 0 aliphatic heterocycles. The second-order valence-electron chi connectivity index (χ2n) is 10.1. The topological polar surface area (TPSA) is 102 Å². The van der Waals surface area contributed by atoms with E-state index >= 15 is 0 Å². The number of aryl methyl sites for hydroxylation is 1. The summed E-state index contributed by atoms with van der Waals surface area (Å²) in [6.45, 7) is 9.11. The number of rotatable bonds is 13. The molecule has 33 heavy (non-hydrogen) atoms. The average Bonchev–Trinajstić information content (AvgIpc) is 3.48. The van der Waals surface area contributed by atoms with Crippen LogP contribution < -0.4 is 0 Å². The minimum Gasteiger partial charge on any atom is -0.391 e. The molecule has 1 aliphatic carbocycles. The fourth-order valence-corrected chi connectivity index (χ4v) is 5.48. The van der Waals surface area contributed by atoms with Gasteiger partial charge in [0.1, 0.15) is 6.73 Å². The van der Waals surface area contributed by atoms with Crippen molar-refractivity contribution in [2.45, 2.75) is 63.2 Å². The molecule has 1 aromatic carbocycles. The van der Waals surface area contributed by atoms with Gasteiger partial charge in [0.05, 0.1) is 29.3 Å². The van der Waals surface area contributed by atoms with Crippen molar-refractivity contribution in [3.63, 3.8) is 0 Å². The highest BCUT2D eigenvalue weighted by atomic mass is 32.2. The molecule has 10 heteroatoms. The second-order valence-corrected chi connectivity index (χ2v) is 17.6. The molecule has 1 aliphatic rings. The van der Waals surface area contributed by atoms with Crippen LogP contribution in [0.25, 0.3) is 0 Å². The Morgan fingerprint density at radius 2 is 1.94 bits per heavy atom. The van der Waals surface area contributed by atoms with Crippen LogP contribution in [-0.4, -0.2) is 67.3 Å². The van der Waals surface area contributed by atoms with Crippen molar-refractivity contribution in [2.24, 2.45) is 5.92 Å². The first-order valence-corrected chi connectivity index (χ1v) is 16.5. The van der Waals surface area contributed by atoms with Crippen molar-refractivity contribution in [3.8, 4) is 0 Å². The first kappa shape index (κ1) is 25.8. The van der Waals surface area contributed by atoms with E-state index in [0.29, 0.717) is 12.2 Å². The number of ether oxygens (including phenoxy) is 1. The van der Waals surface area contributed by atoms with Crippen LogP contribution in [0.15, 0.2) is 41.6 Å². The Morgan fingerprint density at radius 1 is 1.27 bits per heavy atom.